The third kappa shape index (κ3) is 1.47. The number of nitrogens with zero attached hydrogens (tertiary/aromatic N) is 1. The molecule has 0 atom stereocenters. The smallest absolute Gasteiger partial charge is 0.339 e. The summed E-state index contributed by atoms with van der Waals surface area (Å²) in [5, 5.41) is 0. The van der Waals surface area contributed by atoms with E-state index in [2.05, 4.69) is 4.90 Å². The van der Waals surface area contributed by atoms with Crippen molar-refractivity contribution in [2.75, 3.05) is 20.1 Å². The standard InChI is InChI=1S/C13H14FNO2/c1-15-7-5-13(6-8-15)11-9(12(16)17-13)3-2-4-10(11)14/h2-4H,5-8H2,1H3. The van der Waals surface area contributed by atoms with Crippen LogP contribution in [0.5, 0.6) is 0 Å². The molecule has 0 amide bonds. The average molecular weight is 235 g/mol. The number of esters is 1. The molecule has 0 radical (unpaired) electrons. The van der Waals surface area contributed by atoms with Gasteiger partial charge in [-0.15, -0.1) is 0 Å². The third-order valence-corrected chi connectivity index (χ3v) is 3.77. The number of carbonyl (C=O) groups excluding carboxylic acids is 1. The van der Waals surface area contributed by atoms with E-state index in [4.69, 9.17) is 4.74 Å². The van der Waals surface area contributed by atoms with Crippen molar-refractivity contribution < 1.29 is 13.9 Å². The predicted octanol–water partition coefficient (Wildman–Crippen LogP) is 1.92. The molecule has 0 bridgehead atoms. The Bertz CT molecular complexity index is 478. The molecular weight excluding hydrogens is 221 g/mol. The first-order chi connectivity index (χ1) is 8.12. The third-order valence-electron chi connectivity index (χ3n) is 3.77. The van der Waals surface area contributed by atoms with Crippen LogP contribution in [0.15, 0.2) is 18.2 Å². The average Bonchev–Trinajstić information content (AvgIpc) is 2.59. The van der Waals surface area contributed by atoms with E-state index < -0.39 is 5.60 Å². The van der Waals surface area contributed by atoms with Gasteiger partial charge in [-0.3, -0.25) is 0 Å². The summed E-state index contributed by atoms with van der Waals surface area (Å²) >= 11 is 0. The first-order valence-corrected chi connectivity index (χ1v) is 5.83. The number of halogens is 1. The monoisotopic (exact) mass is 235 g/mol. The molecule has 0 aliphatic carbocycles. The van der Waals surface area contributed by atoms with Gasteiger partial charge in [0.15, 0.2) is 0 Å². The lowest BCUT2D eigenvalue weighted by atomic mass is 9.83. The van der Waals surface area contributed by atoms with Crippen molar-refractivity contribution in [3.63, 3.8) is 0 Å². The van der Waals surface area contributed by atoms with E-state index in [0.29, 0.717) is 24.0 Å². The number of hydrogen-bond donors (Lipinski definition) is 0. The second kappa shape index (κ2) is 3.53. The minimum atomic E-state index is -0.718. The first kappa shape index (κ1) is 10.7. The minimum absolute atomic E-state index is 0.321. The zero-order valence-corrected chi connectivity index (χ0v) is 9.70. The molecule has 1 fully saturated rings. The predicted molar refractivity (Wildman–Crippen MR) is 60.2 cm³/mol. The van der Waals surface area contributed by atoms with Gasteiger partial charge >= 0.3 is 5.97 Å². The number of hydrogen-bond acceptors (Lipinski definition) is 3. The summed E-state index contributed by atoms with van der Waals surface area (Å²) in [6, 6.07) is 4.61. The highest BCUT2D eigenvalue weighted by atomic mass is 19.1. The highest BCUT2D eigenvalue weighted by molar-refractivity contribution is 5.94. The lowest BCUT2D eigenvalue weighted by Crippen LogP contribution is -2.41. The van der Waals surface area contributed by atoms with Gasteiger partial charge < -0.3 is 9.64 Å². The van der Waals surface area contributed by atoms with Crippen molar-refractivity contribution >= 4 is 5.97 Å². The zero-order chi connectivity index (χ0) is 12.0. The maximum atomic E-state index is 13.9. The number of carbonyl (C=O) groups is 1. The molecule has 3 rings (SSSR count). The van der Waals surface area contributed by atoms with E-state index in [1.807, 2.05) is 7.05 Å². The van der Waals surface area contributed by atoms with Crippen molar-refractivity contribution in [1.82, 2.24) is 4.90 Å². The Morgan fingerprint density at radius 2 is 2.06 bits per heavy atom. The number of rotatable bonds is 0. The molecule has 17 heavy (non-hydrogen) atoms. The number of piperidine rings is 1. The summed E-state index contributed by atoms with van der Waals surface area (Å²) in [6.45, 7) is 1.64. The van der Waals surface area contributed by atoms with Crippen molar-refractivity contribution in [1.29, 1.82) is 0 Å². The normalized spacial score (nSPS) is 22.6. The van der Waals surface area contributed by atoms with Gasteiger partial charge in [-0.25, -0.2) is 9.18 Å². The first-order valence-electron chi connectivity index (χ1n) is 5.83. The minimum Gasteiger partial charge on any atom is -0.450 e. The fraction of sp³-hybridized carbons (Fsp3) is 0.462. The highest BCUT2D eigenvalue weighted by Gasteiger charge is 2.48. The largest absolute Gasteiger partial charge is 0.450 e. The summed E-state index contributed by atoms with van der Waals surface area (Å²) in [5.41, 5.74) is 0.150. The Morgan fingerprint density at radius 3 is 2.76 bits per heavy atom. The Hall–Kier alpha value is -1.42. The van der Waals surface area contributed by atoms with E-state index in [1.54, 1.807) is 12.1 Å². The summed E-state index contributed by atoms with van der Waals surface area (Å²) in [4.78, 5) is 13.9. The molecule has 0 unspecified atom stereocenters. The molecule has 1 spiro atoms. The lowest BCUT2D eigenvalue weighted by molar-refractivity contribution is -0.0408. The molecule has 4 heteroatoms. The van der Waals surface area contributed by atoms with Crippen LogP contribution in [0, 0.1) is 5.82 Å². The number of ether oxygens (including phenoxy) is 1. The van der Waals surface area contributed by atoms with Crippen LogP contribution in [0.2, 0.25) is 0 Å². The van der Waals surface area contributed by atoms with Crippen LogP contribution >= 0.6 is 0 Å². The van der Waals surface area contributed by atoms with Gasteiger partial charge in [0.1, 0.15) is 11.4 Å². The van der Waals surface area contributed by atoms with Crippen molar-refractivity contribution in [3.05, 3.63) is 35.1 Å². The molecule has 0 aromatic heterocycles. The Morgan fingerprint density at radius 1 is 1.35 bits per heavy atom. The fourth-order valence-corrected chi connectivity index (χ4v) is 2.77. The van der Waals surface area contributed by atoms with Crippen molar-refractivity contribution in [2.45, 2.75) is 18.4 Å². The molecule has 3 nitrogen and oxygen atoms in total. The van der Waals surface area contributed by atoms with Crippen LogP contribution in [-0.4, -0.2) is 31.0 Å². The quantitative estimate of drug-likeness (QED) is 0.643. The zero-order valence-electron chi connectivity index (χ0n) is 9.70. The van der Waals surface area contributed by atoms with E-state index in [0.717, 1.165) is 13.1 Å². The molecule has 1 aromatic carbocycles. The van der Waals surface area contributed by atoms with Gasteiger partial charge in [0, 0.05) is 31.5 Å². The number of fused-ring (bicyclic) bond motifs is 2. The Kier molecular flexibility index (Phi) is 2.23. The number of likely N-dealkylation sites (tertiary alicyclic amines) is 1. The van der Waals surface area contributed by atoms with Crippen LogP contribution in [0.4, 0.5) is 4.39 Å². The van der Waals surface area contributed by atoms with Gasteiger partial charge in [-0.2, -0.15) is 0 Å². The van der Waals surface area contributed by atoms with Crippen molar-refractivity contribution in [3.8, 4) is 0 Å². The highest BCUT2D eigenvalue weighted by Crippen LogP contribution is 2.44. The summed E-state index contributed by atoms with van der Waals surface area (Å²) in [7, 11) is 2.02. The van der Waals surface area contributed by atoms with E-state index in [1.165, 1.54) is 6.07 Å². The topological polar surface area (TPSA) is 29.5 Å². The van der Waals surface area contributed by atoms with Gasteiger partial charge in [-0.05, 0) is 19.2 Å². The SMILES string of the molecule is CN1CCC2(CC1)OC(=O)c1cccc(F)c12. The van der Waals surface area contributed by atoms with Crippen LogP contribution in [0.3, 0.4) is 0 Å². The molecule has 0 N–H and O–H groups in total. The molecule has 2 aliphatic rings. The van der Waals surface area contributed by atoms with Crippen LogP contribution in [0.1, 0.15) is 28.8 Å². The van der Waals surface area contributed by atoms with Gasteiger partial charge in [0.05, 0.1) is 5.56 Å². The van der Waals surface area contributed by atoms with E-state index in [9.17, 15) is 9.18 Å². The molecule has 2 aliphatic heterocycles. The van der Waals surface area contributed by atoms with E-state index in [-0.39, 0.29) is 11.8 Å². The maximum Gasteiger partial charge on any atom is 0.339 e. The molecule has 0 saturated carbocycles. The summed E-state index contributed by atoms with van der Waals surface area (Å²) < 4.78 is 19.4. The van der Waals surface area contributed by atoms with Gasteiger partial charge in [0.2, 0.25) is 0 Å². The van der Waals surface area contributed by atoms with Crippen LogP contribution < -0.4 is 0 Å². The van der Waals surface area contributed by atoms with Crippen molar-refractivity contribution in [2.24, 2.45) is 0 Å². The Labute approximate surface area is 99.2 Å². The maximum absolute atomic E-state index is 13.9. The summed E-state index contributed by atoms with van der Waals surface area (Å²) in [5.74, 6) is -0.707. The molecular formula is C13H14FNO2. The van der Waals surface area contributed by atoms with Gasteiger partial charge in [-0.1, -0.05) is 6.07 Å². The molecule has 2 heterocycles. The van der Waals surface area contributed by atoms with Gasteiger partial charge in [0.25, 0.3) is 0 Å². The summed E-state index contributed by atoms with van der Waals surface area (Å²) in [6.07, 6.45) is 1.34. The second-order valence-corrected chi connectivity index (χ2v) is 4.85. The second-order valence-electron chi connectivity index (χ2n) is 4.85. The molecule has 90 valence electrons. The number of benzene rings is 1. The Balaban J connectivity index is 2.09. The fourth-order valence-electron chi connectivity index (χ4n) is 2.77. The van der Waals surface area contributed by atoms with Crippen LogP contribution in [0.25, 0.3) is 0 Å². The molecule has 1 aromatic rings. The lowest BCUT2D eigenvalue weighted by Gasteiger charge is -2.36. The molecule has 1 saturated heterocycles. The van der Waals surface area contributed by atoms with E-state index >= 15 is 0 Å². The van der Waals surface area contributed by atoms with Crippen LogP contribution in [-0.2, 0) is 10.3 Å².